The van der Waals surface area contributed by atoms with Crippen molar-refractivity contribution >= 4 is 63.8 Å². The molecule has 1 heteroatoms. The Bertz CT molecular complexity index is 2550. The van der Waals surface area contributed by atoms with Gasteiger partial charge in [-0.1, -0.05) is 133 Å². The average molecular weight is 565 g/mol. The fourth-order valence-corrected chi connectivity index (χ4v) is 8.00. The van der Waals surface area contributed by atoms with Gasteiger partial charge < -0.3 is 0 Å². The first-order valence-corrected chi connectivity index (χ1v) is 15.4. The fourth-order valence-electron chi connectivity index (χ4n) is 6.78. The number of thiophene rings is 1. The summed E-state index contributed by atoms with van der Waals surface area (Å²) >= 11 is 1.84. The Balaban J connectivity index is 1.40. The van der Waals surface area contributed by atoms with Crippen molar-refractivity contribution in [3.8, 4) is 33.4 Å². The summed E-state index contributed by atoms with van der Waals surface area (Å²) in [7, 11) is 0. The van der Waals surface area contributed by atoms with E-state index in [0.717, 1.165) is 16.3 Å². The van der Waals surface area contributed by atoms with E-state index in [-0.39, 0.29) is 0 Å². The molecule has 0 aliphatic heterocycles. The summed E-state index contributed by atoms with van der Waals surface area (Å²) in [5.41, 5.74) is 7.16. The van der Waals surface area contributed by atoms with Gasteiger partial charge in [0.05, 0.1) is 2.74 Å². The molecule has 0 atom stereocenters. The highest BCUT2D eigenvalue weighted by atomic mass is 32.1. The maximum Gasteiger partial charge on any atom is 0.0623 e. The van der Waals surface area contributed by atoms with Crippen molar-refractivity contribution in [1.29, 1.82) is 0 Å². The molecule has 0 unspecified atom stereocenters. The normalized spacial score (nSPS) is 12.4. The van der Waals surface area contributed by atoms with Crippen LogP contribution in [-0.4, -0.2) is 0 Å². The molecule has 0 nitrogen and oxygen atoms in total. The van der Waals surface area contributed by atoms with Crippen LogP contribution < -0.4 is 0 Å². The second-order valence-electron chi connectivity index (χ2n) is 11.1. The maximum absolute atomic E-state index is 8.10. The second kappa shape index (κ2) is 9.66. The molecule has 1 heterocycles. The second-order valence-corrected chi connectivity index (χ2v) is 12.2. The Morgan fingerprint density at radius 3 is 1.74 bits per heavy atom. The summed E-state index contributed by atoms with van der Waals surface area (Å²) in [5.74, 6) is 0. The predicted octanol–water partition coefficient (Wildman–Crippen LogP) is 12.5. The SMILES string of the molecule is [2H]c1ccc(-c2cc(-c3c4ccccc4c(-c4ccc5cc([2H])ccc5c4)c4ccccc34)cc3c2sc2ccccc23)cc1. The molecule has 0 bridgehead atoms. The molecule has 1 aromatic heterocycles. The smallest absolute Gasteiger partial charge is 0.0623 e. The number of fused-ring (bicyclic) bond motifs is 6. The zero-order chi connectivity index (χ0) is 30.1. The highest BCUT2D eigenvalue weighted by Gasteiger charge is 2.19. The van der Waals surface area contributed by atoms with Crippen LogP contribution in [0.1, 0.15) is 2.74 Å². The van der Waals surface area contributed by atoms with Gasteiger partial charge in [-0.25, -0.2) is 0 Å². The molecule has 8 aromatic carbocycles. The average Bonchev–Trinajstić information content (AvgIpc) is 3.45. The first-order valence-electron chi connectivity index (χ1n) is 15.6. The van der Waals surface area contributed by atoms with Gasteiger partial charge in [-0.3, -0.25) is 0 Å². The molecule has 0 spiro atoms. The van der Waals surface area contributed by atoms with E-state index in [1.807, 2.05) is 35.6 Å². The van der Waals surface area contributed by atoms with E-state index in [0.29, 0.717) is 12.1 Å². The van der Waals surface area contributed by atoms with Gasteiger partial charge in [0.15, 0.2) is 0 Å². The van der Waals surface area contributed by atoms with Gasteiger partial charge in [-0.05, 0) is 84.4 Å². The van der Waals surface area contributed by atoms with Crippen LogP contribution >= 0.6 is 11.3 Å². The minimum Gasteiger partial charge on any atom is -0.135 e. The van der Waals surface area contributed by atoms with Crippen LogP contribution in [-0.2, 0) is 0 Å². The standard InChI is InChI=1S/C42H26S/c1-2-13-28(14-3-1)37-25-31(26-38-32-16-10-11-21-39(32)43-42(37)38)41-35-19-8-6-17-33(35)40(34-18-7-9-20-36(34)41)30-23-22-27-12-4-5-15-29(27)24-30/h1-26H/i1D,4D. The van der Waals surface area contributed by atoms with E-state index in [9.17, 15) is 0 Å². The molecule has 0 amide bonds. The Kier molecular flexibility index (Phi) is 5.03. The zero-order valence-corrected chi connectivity index (χ0v) is 24.1. The van der Waals surface area contributed by atoms with Crippen LogP contribution in [0.3, 0.4) is 0 Å². The van der Waals surface area contributed by atoms with Crippen molar-refractivity contribution in [3.63, 3.8) is 0 Å². The van der Waals surface area contributed by atoms with E-state index >= 15 is 0 Å². The first-order chi connectivity index (χ1) is 22.1. The Morgan fingerprint density at radius 2 is 1.02 bits per heavy atom. The lowest BCUT2D eigenvalue weighted by Gasteiger charge is -2.19. The lowest BCUT2D eigenvalue weighted by molar-refractivity contribution is 1.66. The summed E-state index contributed by atoms with van der Waals surface area (Å²) in [5, 5.41) is 9.64. The van der Waals surface area contributed by atoms with Crippen molar-refractivity contribution in [1.82, 2.24) is 0 Å². The highest BCUT2D eigenvalue weighted by Crippen LogP contribution is 2.48. The maximum atomic E-state index is 8.10. The molecular weight excluding hydrogens is 537 g/mol. The quantitative estimate of drug-likeness (QED) is 0.187. The van der Waals surface area contributed by atoms with E-state index < -0.39 is 0 Å². The summed E-state index contributed by atoms with van der Waals surface area (Å²) in [6.07, 6.45) is 0. The monoisotopic (exact) mass is 564 g/mol. The van der Waals surface area contributed by atoms with Crippen LogP contribution in [0.25, 0.3) is 85.9 Å². The van der Waals surface area contributed by atoms with Gasteiger partial charge in [-0.2, -0.15) is 0 Å². The van der Waals surface area contributed by atoms with Crippen LogP contribution in [0, 0.1) is 0 Å². The van der Waals surface area contributed by atoms with E-state index in [1.165, 1.54) is 69.5 Å². The van der Waals surface area contributed by atoms with E-state index in [1.54, 1.807) is 0 Å². The summed E-state index contributed by atoms with van der Waals surface area (Å²) in [4.78, 5) is 0. The molecule has 0 fully saturated rings. The van der Waals surface area contributed by atoms with Crippen LogP contribution in [0.4, 0.5) is 0 Å². The minimum absolute atomic E-state index is 0.517. The molecule has 0 aliphatic rings. The van der Waals surface area contributed by atoms with Crippen molar-refractivity contribution in [2.45, 2.75) is 0 Å². The van der Waals surface area contributed by atoms with Crippen molar-refractivity contribution in [2.24, 2.45) is 0 Å². The largest absolute Gasteiger partial charge is 0.135 e. The van der Waals surface area contributed by atoms with E-state index in [2.05, 4.69) is 121 Å². The van der Waals surface area contributed by atoms with Crippen LogP contribution in [0.2, 0.25) is 0 Å². The van der Waals surface area contributed by atoms with Gasteiger partial charge >= 0.3 is 0 Å². The van der Waals surface area contributed by atoms with Crippen molar-refractivity contribution in [2.75, 3.05) is 0 Å². The third kappa shape index (κ3) is 3.82. The van der Waals surface area contributed by atoms with Gasteiger partial charge in [0.25, 0.3) is 0 Å². The third-order valence-electron chi connectivity index (χ3n) is 8.70. The number of benzene rings is 8. The Morgan fingerprint density at radius 1 is 0.395 bits per heavy atom. The number of hydrogen-bond acceptors (Lipinski definition) is 1. The lowest BCUT2D eigenvalue weighted by atomic mass is 9.84. The summed E-state index contributed by atoms with van der Waals surface area (Å²) in [6.45, 7) is 0. The van der Waals surface area contributed by atoms with Crippen LogP contribution in [0.5, 0.6) is 0 Å². The van der Waals surface area contributed by atoms with Gasteiger partial charge in [0.2, 0.25) is 0 Å². The zero-order valence-electron chi connectivity index (χ0n) is 25.3. The van der Waals surface area contributed by atoms with Gasteiger partial charge in [-0.15, -0.1) is 11.3 Å². The van der Waals surface area contributed by atoms with Gasteiger partial charge in [0.1, 0.15) is 0 Å². The molecule has 0 N–H and O–H groups in total. The molecule has 0 saturated heterocycles. The molecule has 0 saturated carbocycles. The Hall–Kier alpha value is -5.24. The first kappa shape index (κ1) is 22.4. The third-order valence-corrected chi connectivity index (χ3v) is 9.92. The predicted molar refractivity (Wildman–Crippen MR) is 188 cm³/mol. The minimum atomic E-state index is 0.517. The molecule has 0 radical (unpaired) electrons. The lowest BCUT2D eigenvalue weighted by Crippen LogP contribution is -1.91. The van der Waals surface area contributed by atoms with Crippen molar-refractivity contribution < 1.29 is 2.74 Å². The highest BCUT2D eigenvalue weighted by molar-refractivity contribution is 7.26. The summed E-state index contributed by atoms with van der Waals surface area (Å²) in [6, 6.07) is 52.5. The Labute approximate surface area is 256 Å². The molecular formula is C42H26S. The molecule has 9 rings (SSSR count). The topological polar surface area (TPSA) is 0 Å². The van der Waals surface area contributed by atoms with E-state index in [4.69, 9.17) is 2.74 Å². The molecule has 0 aliphatic carbocycles. The number of hydrogen-bond donors (Lipinski definition) is 0. The fraction of sp³-hybridized carbons (Fsp3) is 0. The molecule has 9 aromatic rings. The molecule has 43 heavy (non-hydrogen) atoms. The van der Waals surface area contributed by atoms with Crippen LogP contribution in [0.15, 0.2) is 158 Å². The van der Waals surface area contributed by atoms with Crippen molar-refractivity contribution in [3.05, 3.63) is 158 Å². The molecule has 200 valence electrons. The summed E-state index contributed by atoms with van der Waals surface area (Å²) < 4.78 is 18.7. The number of rotatable bonds is 3. The van der Waals surface area contributed by atoms with Gasteiger partial charge in [0, 0.05) is 25.7 Å².